The van der Waals surface area contributed by atoms with E-state index in [4.69, 9.17) is 5.11 Å². The molecule has 43 valence electrons. The standard InChI is InChI=1S/C4H6BO3/c1-5-2-3(6)4(7)8/h2H2,1H3,(H,7,8). The van der Waals surface area contributed by atoms with Crippen molar-refractivity contribution in [3.63, 3.8) is 0 Å². The highest BCUT2D eigenvalue weighted by molar-refractivity contribution is 6.49. The second-order valence-corrected chi connectivity index (χ2v) is 1.34. The average Bonchev–Trinajstić information content (AvgIpc) is 1.67. The Balaban J connectivity index is 3.49. The SMILES string of the molecule is C[B]CC(=O)C(=O)O. The lowest BCUT2D eigenvalue weighted by Gasteiger charge is -1.84. The summed E-state index contributed by atoms with van der Waals surface area (Å²) in [5.74, 6) is -2.12. The quantitative estimate of drug-likeness (QED) is 0.407. The summed E-state index contributed by atoms with van der Waals surface area (Å²) in [5.41, 5.74) is 0. The van der Waals surface area contributed by atoms with Crippen LogP contribution in [0.25, 0.3) is 0 Å². The number of carboxylic acid groups (broad SMARTS) is 1. The van der Waals surface area contributed by atoms with Gasteiger partial charge in [-0.15, -0.1) is 0 Å². The molecule has 0 saturated heterocycles. The molecular weight excluding hydrogens is 107 g/mol. The van der Waals surface area contributed by atoms with Crippen LogP contribution in [0.1, 0.15) is 0 Å². The topological polar surface area (TPSA) is 54.4 Å². The predicted molar refractivity (Wildman–Crippen MR) is 29.1 cm³/mol. The molecule has 0 aliphatic carbocycles. The van der Waals surface area contributed by atoms with Gasteiger partial charge in [-0.3, -0.25) is 4.79 Å². The number of carbonyl (C=O) groups excluding carboxylic acids is 1. The highest BCUT2D eigenvalue weighted by atomic mass is 16.4. The molecule has 0 saturated carbocycles. The smallest absolute Gasteiger partial charge is 0.371 e. The van der Waals surface area contributed by atoms with E-state index in [-0.39, 0.29) is 6.32 Å². The molecule has 4 heteroatoms. The van der Waals surface area contributed by atoms with Gasteiger partial charge in [0.2, 0.25) is 5.78 Å². The molecule has 0 atom stereocenters. The van der Waals surface area contributed by atoms with E-state index in [1.54, 1.807) is 6.82 Å². The number of hydrogen-bond donors (Lipinski definition) is 1. The molecule has 1 N–H and O–H groups in total. The van der Waals surface area contributed by atoms with Crippen molar-refractivity contribution < 1.29 is 14.7 Å². The molecule has 1 radical (unpaired) electrons. The molecule has 0 aromatic carbocycles. The summed E-state index contributed by atoms with van der Waals surface area (Å²) in [5, 5.41) is 7.94. The summed E-state index contributed by atoms with van der Waals surface area (Å²) >= 11 is 0. The van der Waals surface area contributed by atoms with Gasteiger partial charge in [0.05, 0.1) is 0 Å². The Bertz CT molecular complexity index is 110. The summed E-state index contributed by atoms with van der Waals surface area (Å²) in [6.45, 7) is 1.64. The zero-order valence-electron chi connectivity index (χ0n) is 4.55. The second-order valence-electron chi connectivity index (χ2n) is 1.34. The van der Waals surface area contributed by atoms with Gasteiger partial charge in [0.25, 0.3) is 0 Å². The van der Waals surface area contributed by atoms with Crippen LogP contribution in [-0.4, -0.2) is 24.1 Å². The fourth-order valence-corrected chi connectivity index (χ4v) is 0.273. The van der Waals surface area contributed by atoms with Crippen LogP contribution in [-0.2, 0) is 9.59 Å². The largest absolute Gasteiger partial charge is 0.476 e. The number of aliphatic carboxylic acids is 1. The van der Waals surface area contributed by atoms with E-state index in [0.29, 0.717) is 0 Å². The Kier molecular flexibility index (Phi) is 2.92. The molecule has 0 rings (SSSR count). The van der Waals surface area contributed by atoms with Crippen molar-refractivity contribution in [3.05, 3.63) is 0 Å². The molecule has 0 amide bonds. The first-order valence-electron chi connectivity index (χ1n) is 2.22. The van der Waals surface area contributed by atoms with Gasteiger partial charge in [0, 0.05) is 0 Å². The summed E-state index contributed by atoms with van der Waals surface area (Å²) in [6, 6.07) is 0. The Labute approximate surface area is 47.9 Å². The summed E-state index contributed by atoms with van der Waals surface area (Å²) in [7, 11) is 1.51. The lowest BCUT2D eigenvalue weighted by atomic mass is 9.76. The Hall–Kier alpha value is -0.795. The fourth-order valence-electron chi connectivity index (χ4n) is 0.273. The maximum atomic E-state index is 10.1. The van der Waals surface area contributed by atoms with E-state index in [0.717, 1.165) is 0 Å². The van der Waals surface area contributed by atoms with Crippen LogP contribution in [0.2, 0.25) is 13.1 Å². The van der Waals surface area contributed by atoms with E-state index >= 15 is 0 Å². The first-order valence-corrected chi connectivity index (χ1v) is 2.22. The number of hydrogen-bond acceptors (Lipinski definition) is 2. The number of rotatable bonds is 3. The van der Waals surface area contributed by atoms with Gasteiger partial charge in [0.1, 0.15) is 7.28 Å². The van der Waals surface area contributed by atoms with Crippen molar-refractivity contribution >= 4 is 19.0 Å². The Morgan fingerprint density at radius 2 is 2.12 bits per heavy atom. The summed E-state index contributed by atoms with van der Waals surface area (Å²) in [6.07, 6.45) is 0.0231. The minimum atomic E-state index is -1.36. The van der Waals surface area contributed by atoms with Crippen LogP contribution < -0.4 is 0 Å². The van der Waals surface area contributed by atoms with Crippen molar-refractivity contribution in [2.75, 3.05) is 0 Å². The minimum Gasteiger partial charge on any atom is -0.476 e. The van der Waals surface area contributed by atoms with Gasteiger partial charge in [-0.05, 0) is 6.32 Å². The van der Waals surface area contributed by atoms with E-state index in [2.05, 4.69) is 0 Å². The zero-order valence-corrected chi connectivity index (χ0v) is 4.55. The third-order valence-electron chi connectivity index (χ3n) is 0.628. The van der Waals surface area contributed by atoms with Crippen molar-refractivity contribution in [1.82, 2.24) is 0 Å². The number of carboxylic acids is 1. The van der Waals surface area contributed by atoms with Crippen molar-refractivity contribution in [2.45, 2.75) is 13.1 Å². The lowest BCUT2D eigenvalue weighted by Crippen LogP contribution is -2.12. The monoisotopic (exact) mass is 113 g/mol. The minimum absolute atomic E-state index is 0.0231. The average molecular weight is 113 g/mol. The summed E-state index contributed by atoms with van der Waals surface area (Å²) < 4.78 is 0. The Morgan fingerprint density at radius 1 is 1.62 bits per heavy atom. The third kappa shape index (κ3) is 2.39. The van der Waals surface area contributed by atoms with Crippen LogP contribution in [0.5, 0.6) is 0 Å². The van der Waals surface area contributed by atoms with E-state index in [9.17, 15) is 9.59 Å². The molecule has 0 aromatic rings. The van der Waals surface area contributed by atoms with Gasteiger partial charge < -0.3 is 5.11 Å². The molecule has 0 unspecified atom stereocenters. The lowest BCUT2D eigenvalue weighted by molar-refractivity contribution is -0.148. The molecule has 0 aromatic heterocycles. The molecule has 0 heterocycles. The van der Waals surface area contributed by atoms with Gasteiger partial charge in [-0.2, -0.15) is 0 Å². The highest BCUT2D eigenvalue weighted by Crippen LogP contribution is 1.80. The van der Waals surface area contributed by atoms with Crippen LogP contribution in [0, 0.1) is 0 Å². The van der Waals surface area contributed by atoms with Gasteiger partial charge in [0.15, 0.2) is 0 Å². The molecule has 8 heavy (non-hydrogen) atoms. The Morgan fingerprint density at radius 3 is 2.25 bits per heavy atom. The van der Waals surface area contributed by atoms with Crippen molar-refractivity contribution in [2.24, 2.45) is 0 Å². The fraction of sp³-hybridized carbons (Fsp3) is 0.500. The maximum absolute atomic E-state index is 10.1. The number of Topliss-reactive ketones (excluding diaryl/α,β-unsaturated/α-hetero) is 1. The molecule has 0 spiro atoms. The third-order valence-corrected chi connectivity index (χ3v) is 0.628. The number of ketones is 1. The van der Waals surface area contributed by atoms with Gasteiger partial charge >= 0.3 is 5.97 Å². The number of carbonyl (C=O) groups is 2. The van der Waals surface area contributed by atoms with Crippen LogP contribution in [0.4, 0.5) is 0 Å². The molecule has 3 nitrogen and oxygen atoms in total. The van der Waals surface area contributed by atoms with Crippen LogP contribution in [0.15, 0.2) is 0 Å². The normalized spacial score (nSPS) is 8.12. The first kappa shape index (κ1) is 7.20. The second kappa shape index (κ2) is 3.24. The van der Waals surface area contributed by atoms with Crippen LogP contribution >= 0.6 is 0 Å². The maximum Gasteiger partial charge on any atom is 0.371 e. The molecule has 0 fully saturated rings. The van der Waals surface area contributed by atoms with Gasteiger partial charge in [-0.1, -0.05) is 6.82 Å². The van der Waals surface area contributed by atoms with Gasteiger partial charge in [-0.25, -0.2) is 4.79 Å². The molecular formula is C4H6BO3. The van der Waals surface area contributed by atoms with E-state index in [1.165, 1.54) is 7.28 Å². The predicted octanol–water partition coefficient (Wildman–Crippen LogP) is -0.189. The van der Waals surface area contributed by atoms with Crippen LogP contribution in [0.3, 0.4) is 0 Å². The first-order chi connectivity index (χ1) is 3.68. The molecule has 0 aliphatic heterocycles. The van der Waals surface area contributed by atoms with Crippen molar-refractivity contribution in [1.29, 1.82) is 0 Å². The molecule has 0 bridgehead atoms. The van der Waals surface area contributed by atoms with Crippen molar-refractivity contribution in [3.8, 4) is 0 Å². The zero-order chi connectivity index (χ0) is 6.57. The summed E-state index contributed by atoms with van der Waals surface area (Å²) in [4.78, 5) is 19.8. The molecule has 0 aliphatic rings. The van der Waals surface area contributed by atoms with E-state index in [1.807, 2.05) is 0 Å². The van der Waals surface area contributed by atoms with E-state index < -0.39 is 11.8 Å². The highest BCUT2D eigenvalue weighted by Gasteiger charge is 2.07.